The number of carboxylic acid groups (broad SMARTS) is 1. The predicted molar refractivity (Wildman–Crippen MR) is 127 cm³/mol. The monoisotopic (exact) mass is 480 g/mol. The first-order valence-electron chi connectivity index (χ1n) is 9.94. The normalized spacial score (nSPS) is 12.3. The lowest BCUT2D eigenvalue weighted by atomic mass is 10.1. The zero-order chi connectivity index (χ0) is 23.6. The van der Waals surface area contributed by atoms with Crippen molar-refractivity contribution < 1.29 is 23.4 Å². The first kappa shape index (κ1) is 22.6. The van der Waals surface area contributed by atoms with Gasteiger partial charge in [-0.25, -0.2) is 8.42 Å². The van der Waals surface area contributed by atoms with Gasteiger partial charge >= 0.3 is 5.97 Å². The van der Waals surface area contributed by atoms with Crippen molar-refractivity contribution in [3.63, 3.8) is 0 Å². The van der Waals surface area contributed by atoms with Crippen LogP contribution >= 0.6 is 11.3 Å². The zero-order valence-corrected chi connectivity index (χ0v) is 19.1. The number of aromatic hydroxyl groups is 1. The highest BCUT2D eigenvalue weighted by Gasteiger charge is 2.27. The number of aromatic nitrogens is 1. The number of H-pyrrole nitrogens is 1. The molecule has 0 aliphatic carbocycles. The number of fused-ring (bicyclic) bond motifs is 1. The number of sulfonamides is 1. The van der Waals surface area contributed by atoms with E-state index in [9.17, 15) is 23.4 Å². The lowest BCUT2D eigenvalue weighted by molar-refractivity contribution is -0.138. The zero-order valence-electron chi connectivity index (χ0n) is 17.5. The molecule has 0 unspecified atom stereocenters. The second kappa shape index (κ2) is 9.11. The topological polar surface area (TPSA) is 119 Å². The number of rotatable bonds is 6. The van der Waals surface area contributed by atoms with Gasteiger partial charge in [0.05, 0.1) is 4.88 Å². The molecule has 9 heteroatoms. The van der Waals surface area contributed by atoms with Crippen molar-refractivity contribution >= 4 is 38.2 Å². The minimum atomic E-state index is -4.08. The molecule has 0 saturated carbocycles. The summed E-state index contributed by atoms with van der Waals surface area (Å²) >= 11 is 0.972. The first-order valence-corrected chi connectivity index (χ1v) is 12.2. The third-order valence-electron chi connectivity index (χ3n) is 5.00. The standard InChI is InChI=1S/C24H20N2O5S2/c1-15-2-4-16(5-3-15)6-8-19-9-11-23(32-19)33(30,31)26-22(24(28)29)12-17-14-25-21-10-7-18(27)13-20(17)21/h2-5,7,9-11,13-14,22,25-27H,12H2,1H3,(H,28,29)/t22-/m1/s1. The highest BCUT2D eigenvalue weighted by Crippen LogP contribution is 2.25. The average molecular weight is 481 g/mol. The number of phenols is 1. The maximum atomic E-state index is 12.9. The van der Waals surface area contributed by atoms with E-state index in [-0.39, 0.29) is 16.4 Å². The molecule has 4 N–H and O–H groups in total. The average Bonchev–Trinajstić information content (AvgIpc) is 3.40. The van der Waals surface area contributed by atoms with E-state index < -0.39 is 22.0 Å². The molecule has 33 heavy (non-hydrogen) atoms. The summed E-state index contributed by atoms with van der Waals surface area (Å²) in [5.41, 5.74) is 3.22. The molecule has 4 aromatic rings. The molecule has 2 aromatic heterocycles. The maximum Gasteiger partial charge on any atom is 0.322 e. The van der Waals surface area contributed by atoms with Crippen molar-refractivity contribution in [2.75, 3.05) is 0 Å². The first-order chi connectivity index (χ1) is 15.7. The van der Waals surface area contributed by atoms with Crippen molar-refractivity contribution in [2.24, 2.45) is 0 Å². The number of phenolic OH excluding ortho intramolecular Hbond substituents is 1. The molecule has 0 fully saturated rings. The summed E-state index contributed by atoms with van der Waals surface area (Å²) in [4.78, 5) is 15.4. The van der Waals surface area contributed by atoms with Crippen molar-refractivity contribution in [1.82, 2.24) is 9.71 Å². The smallest absolute Gasteiger partial charge is 0.322 e. The number of nitrogens with one attached hydrogen (secondary N) is 2. The molecule has 2 aromatic carbocycles. The highest BCUT2D eigenvalue weighted by atomic mass is 32.2. The van der Waals surface area contributed by atoms with Gasteiger partial charge in [0, 0.05) is 29.1 Å². The number of thiophene rings is 1. The van der Waals surface area contributed by atoms with Crippen LogP contribution in [-0.4, -0.2) is 35.6 Å². The molecule has 0 aliphatic heterocycles. The van der Waals surface area contributed by atoms with E-state index in [4.69, 9.17) is 0 Å². The summed E-state index contributed by atoms with van der Waals surface area (Å²) in [6.07, 6.45) is 1.52. The van der Waals surface area contributed by atoms with E-state index in [1.807, 2.05) is 31.2 Å². The molecule has 1 atom stereocenters. The fraction of sp³-hybridized carbons (Fsp3) is 0.125. The van der Waals surface area contributed by atoms with Gasteiger partial charge in [0.15, 0.2) is 0 Å². The Morgan fingerprint density at radius 1 is 1.12 bits per heavy atom. The molecular weight excluding hydrogens is 460 g/mol. The van der Waals surface area contributed by atoms with E-state index in [0.29, 0.717) is 21.3 Å². The number of aryl methyl sites for hydroxylation is 1. The maximum absolute atomic E-state index is 12.9. The van der Waals surface area contributed by atoms with Gasteiger partial charge in [0.1, 0.15) is 16.0 Å². The number of aromatic amines is 1. The predicted octanol–water partition coefficient (Wildman–Crippen LogP) is 3.62. The van der Waals surface area contributed by atoms with Gasteiger partial charge in [-0.3, -0.25) is 4.79 Å². The van der Waals surface area contributed by atoms with Gasteiger partial charge in [-0.2, -0.15) is 4.72 Å². The second-order valence-electron chi connectivity index (χ2n) is 7.49. The molecule has 0 spiro atoms. The Bertz CT molecular complexity index is 1490. The summed E-state index contributed by atoms with van der Waals surface area (Å²) in [5, 5.41) is 20.0. The number of hydrogen-bond donors (Lipinski definition) is 4. The van der Waals surface area contributed by atoms with Crippen molar-refractivity contribution in [2.45, 2.75) is 23.6 Å². The van der Waals surface area contributed by atoms with Crippen LogP contribution in [0.2, 0.25) is 0 Å². The Balaban J connectivity index is 1.53. The quantitative estimate of drug-likeness (QED) is 0.314. The summed E-state index contributed by atoms with van der Waals surface area (Å²) < 4.78 is 28.0. The van der Waals surface area contributed by atoms with Gasteiger partial charge in [0.25, 0.3) is 10.0 Å². The molecule has 0 bridgehead atoms. The Morgan fingerprint density at radius 3 is 2.61 bits per heavy atom. The third kappa shape index (κ3) is 5.26. The Kier molecular flexibility index (Phi) is 6.24. The van der Waals surface area contributed by atoms with Crippen LogP contribution in [0.15, 0.2) is 65.0 Å². The van der Waals surface area contributed by atoms with Crippen LogP contribution < -0.4 is 4.72 Å². The second-order valence-corrected chi connectivity index (χ2v) is 10.5. The minimum absolute atomic E-state index is 0.0153. The number of carbonyl (C=O) groups is 1. The van der Waals surface area contributed by atoms with Gasteiger partial charge in [0.2, 0.25) is 0 Å². The third-order valence-corrected chi connectivity index (χ3v) is 7.96. The SMILES string of the molecule is Cc1ccc(C#Cc2ccc(S(=O)(=O)N[C@H](Cc3c[nH]c4ccc(O)cc34)C(=O)O)s2)cc1. The van der Waals surface area contributed by atoms with E-state index in [1.54, 1.807) is 18.3 Å². The molecule has 0 amide bonds. The van der Waals surface area contributed by atoms with Gasteiger partial charge in [-0.1, -0.05) is 29.5 Å². The molecule has 168 valence electrons. The van der Waals surface area contributed by atoms with E-state index in [0.717, 1.165) is 22.5 Å². The largest absolute Gasteiger partial charge is 0.508 e. The van der Waals surface area contributed by atoms with Crippen molar-refractivity contribution in [3.8, 4) is 17.6 Å². The van der Waals surface area contributed by atoms with E-state index >= 15 is 0 Å². The molecular formula is C24H20N2O5S2. The molecule has 7 nitrogen and oxygen atoms in total. The Labute approximate surface area is 194 Å². The van der Waals surface area contributed by atoms with Crippen LogP contribution in [0.4, 0.5) is 0 Å². The number of hydrogen-bond acceptors (Lipinski definition) is 5. The molecule has 0 saturated heterocycles. The lowest BCUT2D eigenvalue weighted by Crippen LogP contribution is -2.41. The van der Waals surface area contributed by atoms with Crippen molar-refractivity contribution in [1.29, 1.82) is 0 Å². The molecule has 0 aliphatic rings. The summed E-state index contributed by atoms with van der Waals surface area (Å²) in [7, 11) is -4.08. The Morgan fingerprint density at radius 2 is 1.88 bits per heavy atom. The van der Waals surface area contributed by atoms with E-state index in [1.165, 1.54) is 18.2 Å². The van der Waals surface area contributed by atoms with Crippen LogP contribution in [0.5, 0.6) is 5.75 Å². The highest BCUT2D eigenvalue weighted by molar-refractivity contribution is 7.91. The van der Waals surface area contributed by atoms with Crippen LogP contribution in [0, 0.1) is 18.8 Å². The summed E-state index contributed by atoms with van der Waals surface area (Å²) in [5.74, 6) is 4.67. The van der Waals surface area contributed by atoms with Gasteiger partial charge in [-0.15, -0.1) is 11.3 Å². The van der Waals surface area contributed by atoms with Crippen LogP contribution in [0.3, 0.4) is 0 Å². The van der Waals surface area contributed by atoms with Gasteiger partial charge in [-0.05, 0) is 55.0 Å². The molecule has 4 rings (SSSR count). The van der Waals surface area contributed by atoms with Gasteiger partial charge < -0.3 is 15.2 Å². The van der Waals surface area contributed by atoms with E-state index in [2.05, 4.69) is 21.5 Å². The fourth-order valence-electron chi connectivity index (χ4n) is 3.28. The number of carboxylic acids is 1. The summed E-state index contributed by atoms with van der Waals surface area (Å²) in [6, 6.07) is 14.0. The number of aliphatic carboxylic acids is 1. The van der Waals surface area contributed by atoms with Crippen LogP contribution in [0.1, 0.15) is 21.6 Å². The van der Waals surface area contributed by atoms with Crippen LogP contribution in [-0.2, 0) is 21.2 Å². The fourth-order valence-corrected chi connectivity index (χ4v) is 5.65. The van der Waals surface area contributed by atoms with Crippen LogP contribution in [0.25, 0.3) is 10.9 Å². The molecule has 2 heterocycles. The van der Waals surface area contributed by atoms with Crippen molar-refractivity contribution in [3.05, 3.63) is 82.4 Å². The molecule has 0 radical (unpaired) electrons. The summed E-state index contributed by atoms with van der Waals surface area (Å²) in [6.45, 7) is 1.98. The minimum Gasteiger partial charge on any atom is -0.508 e. The number of benzene rings is 2. The Hall–Kier alpha value is -3.58. The lowest BCUT2D eigenvalue weighted by Gasteiger charge is -2.13.